The Labute approximate surface area is 180 Å². The summed E-state index contributed by atoms with van der Waals surface area (Å²) >= 11 is 0. The van der Waals surface area contributed by atoms with Crippen molar-refractivity contribution in [3.63, 3.8) is 0 Å². The zero-order chi connectivity index (χ0) is 22.7. The summed E-state index contributed by atoms with van der Waals surface area (Å²) in [6.45, 7) is 5.90. The van der Waals surface area contributed by atoms with Crippen LogP contribution in [-0.2, 0) is 16.0 Å². The molecule has 0 amide bonds. The summed E-state index contributed by atoms with van der Waals surface area (Å²) in [5.41, 5.74) is 4.22. The highest BCUT2D eigenvalue weighted by molar-refractivity contribution is 5.98. The monoisotopic (exact) mass is 421 g/mol. The molecule has 0 aliphatic carbocycles. The molecule has 3 aromatic rings. The first-order chi connectivity index (χ1) is 14.7. The Hall–Kier alpha value is -3.74. The van der Waals surface area contributed by atoms with E-state index in [4.69, 9.17) is 9.47 Å². The molecule has 0 saturated carbocycles. The maximum Gasteiger partial charge on any atom is 0.337 e. The van der Waals surface area contributed by atoms with Crippen LogP contribution in [0.2, 0.25) is 0 Å². The predicted octanol–water partition coefficient (Wildman–Crippen LogP) is 3.15. The van der Waals surface area contributed by atoms with Gasteiger partial charge < -0.3 is 14.0 Å². The normalized spacial score (nSPS) is 10.6. The van der Waals surface area contributed by atoms with Gasteiger partial charge in [0.25, 0.3) is 0 Å². The third kappa shape index (κ3) is 4.55. The summed E-state index contributed by atoms with van der Waals surface area (Å²) < 4.78 is 13.3. The van der Waals surface area contributed by atoms with Crippen LogP contribution in [-0.4, -0.2) is 36.5 Å². The Morgan fingerprint density at radius 2 is 1.42 bits per heavy atom. The molecule has 1 aromatic carbocycles. The van der Waals surface area contributed by atoms with Crippen LogP contribution < -0.4 is 4.57 Å². The minimum Gasteiger partial charge on any atom is -0.465 e. The van der Waals surface area contributed by atoms with E-state index in [2.05, 4.69) is 0 Å². The molecule has 0 fully saturated rings. The van der Waals surface area contributed by atoms with Crippen molar-refractivity contribution in [1.29, 1.82) is 0 Å². The molecule has 0 aliphatic rings. The molecule has 0 spiro atoms. The number of ketones is 1. The van der Waals surface area contributed by atoms with Gasteiger partial charge in [-0.15, -0.1) is 0 Å². The number of hydrogen-bond donors (Lipinski definition) is 0. The molecule has 0 N–H and O–H groups in total. The molecule has 0 radical (unpaired) electrons. The van der Waals surface area contributed by atoms with Crippen LogP contribution in [0, 0.1) is 20.8 Å². The van der Waals surface area contributed by atoms with Gasteiger partial charge >= 0.3 is 11.9 Å². The number of pyridine rings is 1. The van der Waals surface area contributed by atoms with Crippen molar-refractivity contribution in [2.45, 2.75) is 27.3 Å². The van der Waals surface area contributed by atoms with Crippen LogP contribution in [0.15, 0.2) is 48.8 Å². The lowest BCUT2D eigenvalue weighted by Crippen LogP contribution is -2.37. The zero-order valence-electron chi connectivity index (χ0n) is 18.3. The number of ether oxygens (including phenoxy) is 2. The van der Waals surface area contributed by atoms with Gasteiger partial charge in [-0.05, 0) is 50.6 Å². The van der Waals surface area contributed by atoms with Crippen LogP contribution in [0.5, 0.6) is 0 Å². The Kier molecular flexibility index (Phi) is 6.34. The Morgan fingerprint density at radius 3 is 1.94 bits per heavy atom. The topological polar surface area (TPSA) is 78.5 Å². The first-order valence-electron chi connectivity index (χ1n) is 9.75. The van der Waals surface area contributed by atoms with Crippen LogP contribution in [0.25, 0.3) is 5.69 Å². The molecule has 3 rings (SSSR count). The van der Waals surface area contributed by atoms with E-state index < -0.39 is 11.9 Å². The van der Waals surface area contributed by atoms with Gasteiger partial charge in [-0.1, -0.05) is 0 Å². The standard InChI is InChI=1S/C24H25N2O5/c1-15-6-8-25(9-7-15)14-22(27)21-10-16(2)26(17(21)3)20-12-18(23(28)30-4)11-19(13-20)24(29)31-5/h6-13H,14H2,1-5H3/q+1. The number of aryl methyl sites for hydroxylation is 2. The number of nitrogens with zero attached hydrogens (tertiary/aromatic N) is 2. The number of rotatable bonds is 6. The second kappa shape index (κ2) is 8.95. The fourth-order valence-electron chi connectivity index (χ4n) is 3.54. The maximum absolute atomic E-state index is 13.0. The summed E-state index contributed by atoms with van der Waals surface area (Å²) in [4.78, 5) is 37.2. The van der Waals surface area contributed by atoms with Crippen LogP contribution in [0.4, 0.5) is 0 Å². The average Bonchev–Trinajstić information content (AvgIpc) is 3.07. The lowest BCUT2D eigenvalue weighted by Gasteiger charge is -2.13. The quantitative estimate of drug-likeness (QED) is 0.347. The van der Waals surface area contributed by atoms with Crippen LogP contribution in [0.3, 0.4) is 0 Å². The summed E-state index contributed by atoms with van der Waals surface area (Å²) in [7, 11) is 2.55. The van der Waals surface area contributed by atoms with Gasteiger partial charge in [-0.3, -0.25) is 4.79 Å². The molecule has 7 nitrogen and oxygen atoms in total. The first-order valence-corrected chi connectivity index (χ1v) is 9.75. The van der Waals surface area contributed by atoms with E-state index >= 15 is 0 Å². The van der Waals surface area contributed by atoms with Gasteiger partial charge in [0, 0.05) is 34.8 Å². The minimum atomic E-state index is -0.568. The van der Waals surface area contributed by atoms with Gasteiger partial charge in [0.2, 0.25) is 12.3 Å². The lowest BCUT2D eigenvalue weighted by atomic mass is 10.1. The van der Waals surface area contributed by atoms with E-state index in [9.17, 15) is 14.4 Å². The molecule has 31 heavy (non-hydrogen) atoms. The van der Waals surface area contributed by atoms with Gasteiger partial charge in [0.15, 0.2) is 12.4 Å². The number of esters is 2. The number of Topliss-reactive ketones (excluding diaryl/α,β-unsaturated/α-hetero) is 1. The summed E-state index contributed by atoms with van der Waals surface area (Å²) in [6, 6.07) is 10.4. The molecule has 0 unspecified atom stereocenters. The highest BCUT2D eigenvalue weighted by atomic mass is 16.5. The third-order valence-corrected chi connectivity index (χ3v) is 5.13. The smallest absolute Gasteiger partial charge is 0.337 e. The first kappa shape index (κ1) is 22.0. The molecule has 0 aliphatic heterocycles. The summed E-state index contributed by atoms with van der Waals surface area (Å²) in [5.74, 6) is -1.17. The second-order valence-electron chi connectivity index (χ2n) is 7.34. The molecule has 2 aromatic heterocycles. The van der Waals surface area contributed by atoms with Gasteiger partial charge in [-0.2, -0.15) is 4.57 Å². The van der Waals surface area contributed by atoms with Crippen molar-refractivity contribution < 1.29 is 28.4 Å². The second-order valence-corrected chi connectivity index (χ2v) is 7.34. The van der Waals surface area contributed by atoms with Crippen molar-refractivity contribution in [1.82, 2.24) is 4.57 Å². The summed E-state index contributed by atoms with van der Waals surface area (Å²) in [6.07, 6.45) is 3.74. The molecule has 0 saturated heterocycles. The number of benzene rings is 1. The molecule has 2 heterocycles. The number of carbonyl (C=O) groups is 3. The molecule has 160 valence electrons. The molecular weight excluding hydrogens is 396 g/mol. The largest absolute Gasteiger partial charge is 0.465 e. The van der Waals surface area contributed by atoms with E-state index in [1.165, 1.54) is 20.3 Å². The fraction of sp³-hybridized carbons (Fsp3) is 0.250. The van der Waals surface area contributed by atoms with Crippen LogP contribution >= 0.6 is 0 Å². The van der Waals surface area contributed by atoms with E-state index in [0.29, 0.717) is 16.9 Å². The van der Waals surface area contributed by atoms with Gasteiger partial charge in [0.1, 0.15) is 0 Å². The summed E-state index contributed by atoms with van der Waals surface area (Å²) in [5, 5.41) is 0. The molecule has 0 bridgehead atoms. The highest BCUT2D eigenvalue weighted by Crippen LogP contribution is 2.24. The Morgan fingerprint density at radius 1 is 0.871 bits per heavy atom. The van der Waals surface area contributed by atoms with E-state index in [1.54, 1.807) is 12.1 Å². The van der Waals surface area contributed by atoms with Crippen molar-refractivity contribution in [2.24, 2.45) is 0 Å². The zero-order valence-corrected chi connectivity index (χ0v) is 18.3. The molecule has 7 heteroatoms. The Bertz CT molecular complexity index is 1130. The highest BCUT2D eigenvalue weighted by Gasteiger charge is 2.22. The van der Waals surface area contributed by atoms with Crippen molar-refractivity contribution in [3.05, 3.63) is 82.4 Å². The van der Waals surface area contributed by atoms with Gasteiger partial charge in [0.05, 0.1) is 25.3 Å². The minimum absolute atomic E-state index is 0.0366. The molecular formula is C24H25N2O5+. The average molecular weight is 421 g/mol. The van der Waals surface area contributed by atoms with Crippen molar-refractivity contribution in [2.75, 3.05) is 14.2 Å². The van der Waals surface area contributed by atoms with Crippen LogP contribution in [0.1, 0.15) is 48.0 Å². The maximum atomic E-state index is 13.0. The third-order valence-electron chi connectivity index (χ3n) is 5.13. The van der Waals surface area contributed by atoms with E-state index in [0.717, 1.165) is 11.3 Å². The Balaban J connectivity index is 2.04. The van der Waals surface area contributed by atoms with E-state index in [-0.39, 0.29) is 23.5 Å². The fourth-order valence-corrected chi connectivity index (χ4v) is 3.54. The number of methoxy groups -OCH3 is 2. The van der Waals surface area contributed by atoms with E-state index in [1.807, 2.05) is 60.5 Å². The number of aromatic nitrogens is 2. The number of carbonyl (C=O) groups excluding carboxylic acids is 3. The molecule has 0 atom stereocenters. The lowest BCUT2D eigenvalue weighted by molar-refractivity contribution is -0.683. The van der Waals surface area contributed by atoms with Gasteiger partial charge in [-0.25, -0.2) is 9.59 Å². The number of hydrogen-bond acceptors (Lipinski definition) is 5. The SMILES string of the molecule is COC(=O)c1cc(C(=O)OC)cc(-n2c(C)cc(C(=O)C[n+]3ccc(C)cc3)c2C)c1. The van der Waals surface area contributed by atoms with Crippen molar-refractivity contribution >= 4 is 17.7 Å². The predicted molar refractivity (Wildman–Crippen MR) is 114 cm³/mol. The van der Waals surface area contributed by atoms with Crippen molar-refractivity contribution in [3.8, 4) is 5.69 Å².